The van der Waals surface area contributed by atoms with Crippen LogP contribution in [0.3, 0.4) is 0 Å². The SMILES string of the molecule is COC(=O)C1=C(C)NC(C)=C(C(=O)OCCCCCCCc2nc(C)cs2)C1c1cccc(Cl)c1Cl. The molecule has 0 amide bonds. The number of methoxy groups -OCH3 is 1. The molecule has 2 aromatic rings. The van der Waals surface area contributed by atoms with Gasteiger partial charge >= 0.3 is 11.9 Å². The summed E-state index contributed by atoms with van der Waals surface area (Å²) in [6.45, 7) is 5.86. The van der Waals surface area contributed by atoms with Crippen molar-refractivity contribution in [1.82, 2.24) is 10.3 Å². The van der Waals surface area contributed by atoms with E-state index in [-0.39, 0.29) is 5.02 Å². The van der Waals surface area contributed by atoms with E-state index in [0.717, 1.165) is 44.2 Å². The molecule has 1 unspecified atom stereocenters. The summed E-state index contributed by atoms with van der Waals surface area (Å²) >= 11 is 14.5. The van der Waals surface area contributed by atoms with Crippen LogP contribution in [0.2, 0.25) is 10.0 Å². The zero-order valence-electron chi connectivity index (χ0n) is 21.1. The van der Waals surface area contributed by atoms with Crippen LogP contribution in [-0.2, 0) is 25.5 Å². The zero-order valence-corrected chi connectivity index (χ0v) is 23.4. The van der Waals surface area contributed by atoms with Gasteiger partial charge in [-0.05, 0) is 51.7 Å². The maximum Gasteiger partial charge on any atom is 0.336 e. The monoisotopic (exact) mass is 550 g/mol. The first-order chi connectivity index (χ1) is 17.2. The van der Waals surface area contributed by atoms with E-state index in [1.54, 1.807) is 43.4 Å². The van der Waals surface area contributed by atoms with E-state index in [1.807, 2.05) is 6.92 Å². The fourth-order valence-corrected chi connectivity index (χ4v) is 5.60. The molecule has 194 valence electrons. The van der Waals surface area contributed by atoms with E-state index in [4.69, 9.17) is 32.7 Å². The average molecular weight is 552 g/mol. The number of rotatable bonds is 11. The third-order valence-electron chi connectivity index (χ3n) is 6.11. The van der Waals surface area contributed by atoms with Gasteiger partial charge < -0.3 is 14.8 Å². The fraction of sp³-hybridized carbons (Fsp3) is 0.444. The molecule has 0 saturated carbocycles. The fourth-order valence-electron chi connectivity index (χ4n) is 4.37. The summed E-state index contributed by atoms with van der Waals surface area (Å²) in [6.07, 6.45) is 6.04. The van der Waals surface area contributed by atoms with Crippen LogP contribution >= 0.6 is 34.5 Å². The number of carbonyl (C=O) groups excluding carboxylic acids is 2. The largest absolute Gasteiger partial charge is 0.466 e. The van der Waals surface area contributed by atoms with Gasteiger partial charge in [0.15, 0.2) is 0 Å². The zero-order chi connectivity index (χ0) is 26.2. The number of thiazole rings is 1. The van der Waals surface area contributed by atoms with Gasteiger partial charge in [-0.3, -0.25) is 0 Å². The Kier molecular flexibility index (Phi) is 10.4. The molecule has 6 nitrogen and oxygen atoms in total. The van der Waals surface area contributed by atoms with Crippen LogP contribution in [0.5, 0.6) is 0 Å². The highest BCUT2D eigenvalue weighted by atomic mass is 35.5. The Morgan fingerprint density at radius 3 is 2.33 bits per heavy atom. The lowest BCUT2D eigenvalue weighted by Crippen LogP contribution is -2.32. The summed E-state index contributed by atoms with van der Waals surface area (Å²) in [5.41, 5.74) is 3.44. The van der Waals surface area contributed by atoms with Crippen molar-refractivity contribution in [3.8, 4) is 0 Å². The molecular weight excluding hydrogens is 519 g/mol. The van der Waals surface area contributed by atoms with Gasteiger partial charge in [0.2, 0.25) is 0 Å². The van der Waals surface area contributed by atoms with Crippen molar-refractivity contribution in [2.45, 2.75) is 65.2 Å². The molecule has 1 aliphatic rings. The quantitative estimate of drug-likeness (QED) is 0.242. The molecule has 1 aromatic heterocycles. The van der Waals surface area contributed by atoms with Crippen LogP contribution in [0, 0.1) is 6.92 Å². The Morgan fingerprint density at radius 2 is 1.67 bits per heavy atom. The van der Waals surface area contributed by atoms with Gasteiger partial charge in [-0.2, -0.15) is 0 Å². The second-order valence-corrected chi connectivity index (χ2v) is 10.5. The Bertz CT molecular complexity index is 1170. The van der Waals surface area contributed by atoms with Gasteiger partial charge in [-0.1, -0.05) is 54.6 Å². The highest BCUT2D eigenvalue weighted by Gasteiger charge is 2.39. The number of esters is 2. The first kappa shape index (κ1) is 28.2. The molecule has 0 bridgehead atoms. The van der Waals surface area contributed by atoms with Crippen LogP contribution in [-0.4, -0.2) is 30.6 Å². The number of hydrogen-bond acceptors (Lipinski definition) is 7. The first-order valence-electron chi connectivity index (χ1n) is 12.0. The normalized spacial score (nSPS) is 15.7. The van der Waals surface area contributed by atoms with Crippen LogP contribution in [0.1, 0.15) is 68.1 Å². The number of unbranched alkanes of at least 4 members (excludes halogenated alkanes) is 4. The van der Waals surface area contributed by atoms with Crippen molar-refractivity contribution in [3.05, 3.63) is 72.4 Å². The van der Waals surface area contributed by atoms with Gasteiger partial charge in [0.05, 0.1) is 45.8 Å². The van der Waals surface area contributed by atoms with Crippen molar-refractivity contribution in [2.75, 3.05) is 13.7 Å². The van der Waals surface area contributed by atoms with Gasteiger partial charge in [-0.25, -0.2) is 14.6 Å². The standard InChI is InChI=1S/C27H32Cl2N2O4S/c1-16-15-36-21(30-16)13-8-6-5-7-9-14-35-27(33)23-18(3)31-17(2)22(26(32)34-4)24(23)19-11-10-12-20(28)25(19)29/h10-12,15,24,31H,5-9,13-14H2,1-4H3. The van der Waals surface area contributed by atoms with Gasteiger partial charge in [0.25, 0.3) is 0 Å². The lowest BCUT2D eigenvalue weighted by molar-refractivity contribution is -0.139. The lowest BCUT2D eigenvalue weighted by Gasteiger charge is -2.30. The number of carbonyl (C=O) groups is 2. The van der Waals surface area contributed by atoms with Crippen LogP contribution in [0.25, 0.3) is 0 Å². The van der Waals surface area contributed by atoms with Crippen LogP contribution < -0.4 is 5.32 Å². The van der Waals surface area contributed by atoms with Crippen LogP contribution in [0.15, 0.2) is 46.1 Å². The molecule has 1 atom stereocenters. The molecule has 1 aliphatic heterocycles. The molecule has 0 fully saturated rings. The highest BCUT2D eigenvalue weighted by Crippen LogP contribution is 2.43. The van der Waals surface area contributed by atoms with Crippen molar-refractivity contribution in [1.29, 1.82) is 0 Å². The predicted octanol–water partition coefficient (Wildman–Crippen LogP) is 6.90. The summed E-state index contributed by atoms with van der Waals surface area (Å²) in [5.74, 6) is -1.80. The van der Waals surface area contributed by atoms with E-state index in [2.05, 4.69) is 15.7 Å². The van der Waals surface area contributed by atoms with Gasteiger partial charge in [0.1, 0.15) is 0 Å². The van der Waals surface area contributed by atoms with Crippen LogP contribution in [0.4, 0.5) is 0 Å². The maximum atomic E-state index is 13.3. The minimum absolute atomic E-state index is 0.284. The molecule has 3 rings (SSSR count). The Balaban J connectivity index is 1.62. The number of halogens is 2. The van der Waals surface area contributed by atoms with Gasteiger partial charge in [0, 0.05) is 22.5 Å². The molecule has 36 heavy (non-hydrogen) atoms. The lowest BCUT2D eigenvalue weighted by atomic mass is 9.80. The second-order valence-electron chi connectivity index (χ2n) is 8.81. The number of aryl methyl sites for hydroxylation is 2. The summed E-state index contributed by atoms with van der Waals surface area (Å²) in [4.78, 5) is 30.5. The Labute approximate surface area is 226 Å². The number of hydrogen-bond donors (Lipinski definition) is 1. The van der Waals surface area contributed by atoms with E-state index < -0.39 is 17.9 Å². The number of allylic oxidation sites excluding steroid dienone is 2. The smallest absolute Gasteiger partial charge is 0.336 e. The van der Waals surface area contributed by atoms with Crippen molar-refractivity contribution < 1.29 is 19.1 Å². The molecule has 0 aliphatic carbocycles. The molecule has 2 heterocycles. The van der Waals surface area contributed by atoms with Crippen molar-refractivity contribution >= 4 is 46.5 Å². The third kappa shape index (κ3) is 6.90. The van der Waals surface area contributed by atoms with Crippen molar-refractivity contribution in [3.63, 3.8) is 0 Å². The Hall–Kier alpha value is -2.35. The molecule has 0 saturated heterocycles. The molecule has 1 aromatic carbocycles. The highest BCUT2D eigenvalue weighted by molar-refractivity contribution is 7.09. The third-order valence-corrected chi connectivity index (χ3v) is 7.97. The molecule has 1 N–H and O–H groups in total. The number of nitrogens with one attached hydrogen (secondary N) is 1. The number of ether oxygens (including phenoxy) is 2. The second kappa shape index (κ2) is 13.3. The van der Waals surface area contributed by atoms with E-state index >= 15 is 0 Å². The topological polar surface area (TPSA) is 77.5 Å². The first-order valence-corrected chi connectivity index (χ1v) is 13.7. The van der Waals surface area contributed by atoms with Gasteiger partial charge in [-0.15, -0.1) is 11.3 Å². The molecule has 0 radical (unpaired) electrons. The predicted molar refractivity (Wildman–Crippen MR) is 144 cm³/mol. The number of nitrogens with zero attached hydrogens (tertiary/aromatic N) is 1. The molecule has 9 heteroatoms. The molecule has 0 spiro atoms. The van der Waals surface area contributed by atoms with E-state index in [9.17, 15) is 9.59 Å². The number of benzene rings is 1. The van der Waals surface area contributed by atoms with Crippen molar-refractivity contribution in [2.24, 2.45) is 0 Å². The average Bonchev–Trinajstić information content (AvgIpc) is 3.26. The minimum atomic E-state index is -0.758. The van der Waals surface area contributed by atoms with E-state index in [0.29, 0.717) is 39.7 Å². The van der Waals surface area contributed by atoms with E-state index in [1.165, 1.54) is 12.1 Å². The minimum Gasteiger partial charge on any atom is -0.466 e. The molecular formula is C27H32Cl2N2O4S. The number of dihydropyridines is 1. The number of aromatic nitrogens is 1. The summed E-state index contributed by atoms with van der Waals surface area (Å²) in [6, 6.07) is 5.16. The maximum absolute atomic E-state index is 13.3. The summed E-state index contributed by atoms with van der Waals surface area (Å²) < 4.78 is 10.7. The summed E-state index contributed by atoms with van der Waals surface area (Å²) in [5, 5.41) is 7.02. The summed E-state index contributed by atoms with van der Waals surface area (Å²) in [7, 11) is 1.31. The Morgan fingerprint density at radius 1 is 1.00 bits per heavy atom.